The molecule has 1 nitrogen and oxygen atoms in total. The molecule has 10 heavy (non-hydrogen) atoms. The Labute approximate surface area is 82.3 Å². The monoisotopic (exact) mass is 271 g/mol. The van der Waals surface area contributed by atoms with Crippen molar-refractivity contribution in [2.24, 2.45) is 0 Å². The third-order valence-corrected chi connectivity index (χ3v) is 3.04. The summed E-state index contributed by atoms with van der Waals surface area (Å²) in [5, 5.41) is 1.83. The predicted octanol–water partition coefficient (Wildman–Crippen LogP) is 2.13. The van der Waals surface area contributed by atoms with Gasteiger partial charge in [0.2, 0.25) is 0 Å². The molecular formula is C7H14INS. The Morgan fingerprint density at radius 1 is 1.50 bits per heavy atom. The highest BCUT2D eigenvalue weighted by Gasteiger charge is 2.03. The summed E-state index contributed by atoms with van der Waals surface area (Å²) in [7, 11) is 0. The van der Waals surface area contributed by atoms with Crippen LogP contribution in [0.5, 0.6) is 0 Å². The first-order chi connectivity index (χ1) is 4.74. The summed E-state index contributed by atoms with van der Waals surface area (Å²) < 4.78 is 0.521. The van der Waals surface area contributed by atoms with Crippen LogP contribution in [-0.2, 0) is 0 Å². The van der Waals surface area contributed by atoms with Gasteiger partial charge >= 0.3 is 0 Å². The quantitative estimate of drug-likeness (QED) is 0.428. The summed E-state index contributed by atoms with van der Waals surface area (Å²) in [5.74, 6) is 0. The van der Waals surface area contributed by atoms with Crippen LogP contribution in [-0.4, -0.2) is 33.8 Å². The molecule has 3 heteroatoms. The summed E-state index contributed by atoms with van der Waals surface area (Å²) in [6.07, 6.45) is 0. The Kier molecular flexibility index (Phi) is 6.99. The highest BCUT2D eigenvalue weighted by molar-refractivity contribution is 14.1. The molecule has 0 heterocycles. The molecule has 1 unspecified atom stereocenters. The molecule has 0 aromatic rings. The van der Waals surface area contributed by atoms with E-state index in [0.717, 1.165) is 19.6 Å². The van der Waals surface area contributed by atoms with Crippen molar-refractivity contribution in [3.05, 3.63) is 0 Å². The molecule has 60 valence electrons. The van der Waals surface area contributed by atoms with Gasteiger partial charge in [0.15, 0.2) is 0 Å². The molecule has 0 spiro atoms. The van der Waals surface area contributed by atoms with E-state index in [1.807, 2.05) is 5.37 Å². The van der Waals surface area contributed by atoms with Crippen LogP contribution in [0.1, 0.15) is 13.8 Å². The second-order valence-corrected chi connectivity index (χ2v) is 4.01. The Balaban J connectivity index is 3.51. The van der Waals surface area contributed by atoms with E-state index in [1.165, 1.54) is 0 Å². The van der Waals surface area contributed by atoms with Gasteiger partial charge < -0.3 is 4.90 Å². The van der Waals surface area contributed by atoms with E-state index in [9.17, 15) is 0 Å². The van der Waals surface area contributed by atoms with Crippen molar-refractivity contribution in [3.63, 3.8) is 0 Å². The number of hydrogen-bond donors (Lipinski definition) is 0. The number of halogens is 1. The first-order valence-electron chi connectivity index (χ1n) is 3.56. The fourth-order valence-corrected chi connectivity index (χ4v) is 1.41. The van der Waals surface area contributed by atoms with Gasteiger partial charge in [-0.15, -0.1) is 0 Å². The van der Waals surface area contributed by atoms with Gasteiger partial charge in [-0.05, 0) is 18.5 Å². The van der Waals surface area contributed by atoms with Crippen molar-refractivity contribution in [1.82, 2.24) is 4.90 Å². The molecule has 0 aliphatic carbocycles. The zero-order chi connectivity index (χ0) is 7.98. The molecule has 0 aliphatic rings. The topological polar surface area (TPSA) is 3.24 Å². The van der Waals surface area contributed by atoms with Crippen LogP contribution in [0.3, 0.4) is 0 Å². The van der Waals surface area contributed by atoms with Gasteiger partial charge in [0.25, 0.3) is 0 Å². The third kappa shape index (κ3) is 4.57. The van der Waals surface area contributed by atoms with Gasteiger partial charge in [-0.1, -0.05) is 48.7 Å². The maximum absolute atomic E-state index is 4.83. The van der Waals surface area contributed by atoms with Crippen molar-refractivity contribution in [3.8, 4) is 0 Å². The molecule has 0 aromatic carbocycles. The standard InChI is InChI=1S/C7H14INS/c1-3-9(4-2)5-7(8)6-10/h6-7H,3-5H2,1-2H3. The van der Waals surface area contributed by atoms with Crippen molar-refractivity contribution in [1.29, 1.82) is 0 Å². The van der Waals surface area contributed by atoms with Gasteiger partial charge in [-0.3, -0.25) is 0 Å². The third-order valence-electron chi connectivity index (χ3n) is 1.47. The summed E-state index contributed by atoms with van der Waals surface area (Å²) in [6.45, 7) is 7.70. The zero-order valence-corrected chi connectivity index (χ0v) is 9.48. The van der Waals surface area contributed by atoms with Crippen LogP contribution in [0.25, 0.3) is 0 Å². The highest BCUT2D eigenvalue weighted by Crippen LogP contribution is 2.00. The fourth-order valence-electron chi connectivity index (χ4n) is 0.772. The van der Waals surface area contributed by atoms with E-state index in [-0.39, 0.29) is 0 Å². The summed E-state index contributed by atoms with van der Waals surface area (Å²) in [5.41, 5.74) is 0. The predicted molar refractivity (Wildman–Crippen MR) is 59.3 cm³/mol. The number of rotatable bonds is 5. The molecule has 0 fully saturated rings. The molecule has 0 radical (unpaired) electrons. The van der Waals surface area contributed by atoms with Crippen LogP contribution < -0.4 is 0 Å². The summed E-state index contributed by atoms with van der Waals surface area (Å²) in [6, 6.07) is 0. The largest absolute Gasteiger partial charge is 0.302 e. The second kappa shape index (κ2) is 6.49. The van der Waals surface area contributed by atoms with E-state index in [0.29, 0.717) is 3.92 Å². The fraction of sp³-hybridized carbons (Fsp3) is 0.857. The van der Waals surface area contributed by atoms with E-state index in [1.54, 1.807) is 0 Å². The number of thiocarbonyl (C=S) groups is 1. The molecule has 0 bridgehead atoms. The lowest BCUT2D eigenvalue weighted by Gasteiger charge is -2.18. The first-order valence-corrected chi connectivity index (χ1v) is 5.28. The molecule has 0 saturated heterocycles. The second-order valence-electron chi connectivity index (χ2n) is 2.14. The average Bonchev–Trinajstić information content (AvgIpc) is 1.99. The molecule has 1 atom stereocenters. The van der Waals surface area contributed by atoms with Gasteiger partial charge in [0, 0.05) is 6.54 Å². The summed E-state index contributed by atoms with van der Waals surface area (Å²) in [4.78, 5) is 2.37. The average molecular weight is 271 g/mol. The number of alkyl halides is 1. The first kappa shape index (κ1) is 10.8. The van der Waals surface area contributed by atoms with Crippen LogP contribution in [0.4, 0.5) is 0 Å². The smallest absolute Gasteiger partial charge is 0.0519 e. The minimum atomic E-state index is 0.521. The molecule has 0 rings (SSSR count). The maximum Gasteiger partial charge on any atom is 0.0519 e. The van der Waals surface area contributed by atoms with E-state index < -0.39 is 0 Å². The van der Waals surface area contributed by atoms with Crippen molar-refractivity contribution >= 4 is 40.2 Å². The van der Waals surface area contributed by atoms with Crippen LogP contribution >= 0.6 is 34.8 Å². The Morgan fingerprint density at radius 2 is 2.00 bits per heavy atom. The molecule has 0 saturated carbocycles. The van der Waals surface area contributed by atoms with Crippen molar-refractivity contribution < 1.29 is 0 Å². The molecule has 0 N–H and O–H groups in total. The SMILES string of the molecule is CCN(CC)CC(I)C=S. The van der Waals surface area contributed by atoms with Gasteiger partial charge in [0.05, 0.1) is 3.92 Å². The van der Waals surface area contributed by atoms with Crippen LogP contribution in [0, 0.1) is 0 Å². The summed E-state index contributed by atoms with van der Waals surface area (Å²) >= 11 is 7.20. The molecule has 0 aliphatic heterocycles. The lowest BCUT2D eigenvalue weighted by atomic mass is 10.4. The number of nitrogens with zero attached hydrogens (tertiary/aromatic N) is 1. The van der Waals surface area contributed by atoms with Crippen LogP contribution in [0.2, 0.25) is 0 Å². The Morgan fingerprint density at radius 3 is 2.30 bits per heavy atom. The Hall–Kier alpha value is 0.780. The van der Waals surface area contributed by atoms with Crippen LogP contribution in [0.15, 0.2) is 0 Å². The maximum atomic E-state index is 4.83. The highest BCUT2D eigenvalue weighted by atomic mass is 127. The van der Waals surface area contributed by atoms with Crippen molar-refractivity contribution in [2.45, 2.75) is 17.8 Å². The molecule has 0 amide bonds. The molecule has 0 aromatic heterocycles. The van der Waals surface area contributed by atoms with Crippen molar-refractivity contribution in [2.75, 3.05) is 19.6 Å². The van der Waals surface area contributed by atoms with Gasteiger partial charge in [-0.25, -0.2) is 0 Å². The van der Waals surface area contributed by atoms with Gasteiger partial charge in [-0.2, -0.15) is 0 Å². The zero-order valence-electron chi connectivity index (χ0n) is 6.51. The van der Waals surface area contributed by atoms with E-state index in [4.69, 9.17) is 12.2 Å². The van der Waals surface area contributed by atoms with Gasteiger partial charge in [0.1, 0.15) is 0 Å². The molecular weight excluding hydrogens is 257 g/mol. The number of hydrogen-bond acceptors (Lipinski definition) is 2. The van der Waals surface area contributed by atoms with E-state index >= 15 is 0 Å². The lowest BCUT2D eigenvalue weighted by Crippen LogP contribution is -2.29. The minimum Gasteiger partial charge on any atom is -0.302 e. The minimum absolute atomic E-state index is 0.521. The normalized spacial score (nSPS) is 13.6. The lowest BCUT2D eigenvalue weighted by molar-refractivity contribution is 0.319. The Bertz CT molecular complexity index is 93.6. The van der Waals surface area contributed by atoms with E-state index in [2.05, 4.69) is 41.3 Å².